The maximum absolute atomic E-state index is 9.59. The first-order valence-corrected chi connectivity index (χ1v) is 5.54. The maximum atomic E-state index is 9.59. The summed E-state index contributed by atoms with van der Waals surface area (Å²) in [6, 6.07) is 1.91. The van der Waals surface area contributed by atoms with Gasteiger partial charge in [-0.3, -0.25) is 4.68 Å². The molecule has 1 atom stereocenters. The second-order valence-electron chi connectivity index (χ2n) is 4.26. The summed E-state index contributed by atoms with van der Waals surface area (Å²) in [5, 5.41) is 16.9. The Morgan fingerprint density at radius 1 is 1.47 bits per heavy atom. The minimum absolute atomic E-state index is 0.234. The molecule has 0 radical (unpaired) electrons. The Hall–Kier alpha value is -0.870. The molecule has 0 aliphatic heterocycles. The lowest BCUT2D eigenvalue weighted by molar-refractivity contribution is 0.146. The van der Waals surface area contributed by atoms with Crippen LogP contribution in [0.3, 0.4) is 0 Å². The first-order chi connectivity index (χ1) is 7.18. The van der Waals surface area contributed by atoms with Crippen LogP contribution >= 0.6 is 0 Å². The van der Waals surface area contributed by atoms with Crippen LogP contribution in [-0.2, 0) is 6.54 Å². The van der Waals surface area contributed by atoms with Gasteiger partial charge in [-0.25, -0.2) is 0 Å². The summed E-state index contributed by atoms with van der Waals surface area (Å²) in [6.45, 7) is 6.59. The van der Waals surface area contributed by atoms with Gasteiger partial charge in [-0.1, -0.05) is 13.8 Å². The lowest BCUT2D eigenvalue weighted by atomic mass is 10.1. The number of aliphatic hydroxyl groups excluding tert-OH is 1. The number of hydrogen-bond acceptors (Lipinski definition) is 3. The molecule has 0 saturated carbocycles. The van der Waals surface area contributed by atoms with E-state index in [1.165, 1.54) is 0 Å². The van der Waals surface area contributed by atoms with Crippen LogP contribution in [0.1, 0.15) is 20.3 Å². The SMILES string of the molecule is CC(C)CC(O)CNCCn1cccn1. The normalized spacial score (nSPS) is 13.3. The van der Waals surface area contributed by atoms with Crippen LogP contribution in [0.2, 0.25) is 0 Å². The number of hydrogen-bond donors (Lipinski definition) is 2. The zero-order valence-corrected chi connectivity index (χ0v) is 9.56. The third-order valence-electron chi connectivity index (χ3n) is 2.20. The number of aliphatic hydroxyl groups is 1. The van der Waals surface area contributed by atoms with Crippen LogP contribution in [0, 0.1) is 5.92 Å². The highest BCUT2D eigenvalue weighted by Gasteiger charge is 2.05. The predicted molar refractivity (Wildman–Crippen MR) is 60.6 cm³/mol. The second-order valence-corrected chi connectivity index (χ2v) is 4.26. The van der Waals surface area contributed by atoms with E-state index in [9.17, 15) is 5.11 Å². The molecule has 0 aromatic carbocycles. The summed E-state index contributed by atoms with van der Waals surface area (Å²) >= 11 is 0. The van der Waals surface area contributed by atoms with Gasteiger partial charge in [0.05, 0.1) is 12.6 Å². The van der Waals surface area contributed by atoms with Crippen molar-refractivity contribution in [3.05, 3.63) is 18.5 Å². The van der Waals surface area contributed by atoms with Gasteiger partial charge in [0.2, 0.25) is 0 Å². The van der Waals surface area contributed by atoms with E-state index < -0.39 is 0 Å². The summed E-state index contributed by atoms with van der Waals surface area (Å²) in [5.41, 5.74) is 0. The van der Waals surface area contributed by atoms with E-state index in [1.807, 2.05) is 16.9 Å². The topological polar surface area (TPSA) is 50.1 Å². The largest absolute Gasteiger partial charge is 0.392 e. The molecule has 4 nitrogen and oxygen atoms in total. The standard InChI is InChI=1S/C11H21N3O/c1-10(2)8-11(15)9-12-5-7-14-6-3-4-13-14/h3-4,6,10-12,15H,5,7-9H2,1-2H3. The fourth-order valence-corrected chi connectivity index (χ4v) is 1.52. The first-order valence-electron chi connectivity index (χ1n) is 5.54. The van der Waals surface area contributed by atoms with Gasteiger partial charge in [-0.2, -0.15) is 5.10 Å². The molecule has 86 valence electrons. The highest BCUT2D eigenvalue weighted by Crippen LogP contribution is 2.02. The Bertz CT molecular complexity index is 246. The van der Waals surface area contributed by atoms with E-state index in [1.54, 1.807) is 6.20 Å². The van der Waals surface area contributed by atoms with Crippen LogP contribution in [0.15, 0.2) is 18.5 Å². The Kier molecular flexibility index (Phi) is 5.36. The van der Waals surface area contributed by atoms with E-state index in [2.05, 4.69) is 24.3 Å². The molecule has 0 aliphatic carbocycles. The number of rotatable bonds is 7. The zero-order chi connectivity index (χ0) is 11.1. The molecule has 1 aromatic heterocycles. The molecule has 1 heterocycles. The molecule has 1 aromatic rings. The first kappa shape index (κ1) is 12.2. The second kappa shape index (κ2) is 6.58. The predicted octanol–water partition coefficient (Wildman–Crippen LogP) is 0.880. The van der Waals surface area contributed by atoms with Crippen molar-refractivity contribution in [1.82, 2.24) is 15.1 Å². The molecule has 2 N–H and O–H groups in total. The van der Waals surface area contributed by atoms with E-state index in [-0.39, 0.29) is 6.10 Å². The van der Waals surface area contributed by atoms with E-state index >= 15 is 0 Å². The average Bonchev–Trinajstić information content (AvgIpc) is 2.63. The quantitative estimate of drug-likeness (QED) is 0.658. The van der Waals surface area contributed by atoms with Crippen molar-refractivity contribution in [2.45, 2.75) is 32.9 Å². The lowest BCUT2D eigenvalue weighted by Crippen LogP contribution is -2.30. The van der Waals surface area contributed by atoms with Crippen molar-refractivity contribution in [2.24, 2.45) is 5.92 Å². The van der Waals surface area contributed by atoms with Gasteiger partial charge in [0, 0.05) is 25.5 Å². The van der Waals surface area contributed by atoms with Crippen molar-refractivity contribution in [3.63, 3.8) is 0 Å². The number of nitrogens with zero attached hydrogens (tertiary/aromatic N) is 2. The van der Waals surface area contributed by atoms with Gasteiger partial charge in [0.25, 0.3) is 0 Å². The monoisotopic (exact) mass is 211 g/mol. The Balaban J connectivity index is 2.01. The van der Waals surface area contributed by atoms with Gasteiger partial charge < -0.3 is 10.4 Å². The molecule has 0 saturated heterocycles. The van der Waals surface area contributed by atoms with Gasteiger partial charge in [0.1, 0.15) is 0 Å². The molecule has 0 bridgehead atoms. The van der Waals surface area contributed by atoms with E-state index in [0.29, 0.717) is 12.5 Å². The van der Waals surface area contributed by atoms with Gasteiger partial charge >= 0.3 is 0 Å². The third kappa shape index (κ3) is 5.54. The van der Waals surface area contributed by atoms with Crippen molar-refractivity contribution in [3.8, 4) is 0 Å². The van der Waals surface area contributed by atoms with Crippen LogP contribution in [0.5, 0.6) is 0 Å². The van der Waals surface area contributed by atoms with Gasteiger partial charge in [-0.15, -0.1) is 0 Å². The van der Waals surface area contributed by atoms with Crippen molar-refractivity contribution in [1.29, 1.82) is 0 Å². The average molecular weight is 211 g/mol. The summed E-state index contributed by atoms with van der Waals surface area (Å²) in [7, 11) is 0. The highest BCUT2D eigenvalue weighted by molar-refractivity contribution is 4.77. The Morgan fingerprint density at radius 2 is 2.27 bits per heavy atom. The van der Waals surface area contributed by atoms with Crippen molar-refractivity contribution >= 4 is 0 Å². The van der Waals surface area contributed by atoms with Crippen molar-refractivity contribution < 1.29 is 5.11 Å². The molecule has 1 rings (SSSR count). The number of nitrogens with one attached hydrogen (secondary N) is 1. The molecular formula is C11H21N3O. The Labute approximate surface area is 91.3 Å². The molecule has 0 fully saturated rings. The third-order valence-corrected chi connectivity index (χ3v) is 2.20. The molecule has 1 unspecified atom stereocenters. The van der Waals surface area contributed by atoms with Crippen LogP contribution in [0.4, 0.5) is 0 Å². The fourth-order valence-electron chi connectivity index (χ4n) is 1.52. The minimum Gasteiger partial charge on any atom is -0.392 e. The van der Waals surface area contributed by atoms with Gasteiger partial charge in [-0.05, 0) is 18.4 Å². The minimum atomic E-state index is -0.234. The van der Waals surface area contributed by atoms with Crippen LogP contribution in [0.25, 0.3) is 0 Å². The molecule has 15 heavy (non-hydrogen) atoms. The summed E-state index contributed by atoms with van der Waals surface area (Å²) in [5.74, 6) is 0.549. The van der Waals surface area contributed by atoms with Crippen LogP contribution < -0.4 is 5.32 Å². The summed E-state index contributed by atoms with van der Waals surface area (Å²) in [4.78, 5) is 0. The lowest BCUT2D eigenvalue weighted by Gasteiger charge is -2.13. The fraction of sp³-hybridized carbons (Fsp3) is 0.727. The zero-order valence-electron chi connectivity index (χ0n) is 9.56. The maximum Gasteiger partial charge on any atom is 0.0667 e. The smallest absolute Gasteiger partial charge is 0.0667 e. The van der Waals surface area contributed by atoms with Crippen LogP contribution in [-0.4, -0.2) is 34.1 Å². The van der Waals surface area contributed by atoms with Crippen molar-refractivity contribution in [2.75, 3.05) is 13.1 Å². The molecular weight excluding hydrogens is 190 g/mol. The summed E-state index contributed by atoms with van der Waals surface area (Å²) < 4.78 is 1.88. The van der Waals surface area contributed by atoms with E-state index in [0.717, 1.165) is 19.5 Å². The summed E-state index contributed by atoms with van der Waals surface area (Å²) in [6.07, 6.45) is 4.33. The molecule has 4 heteroatoms. The van der Waals surface area contributed by atoms with Gasteiger partial charge in [0.15, 0.2) is 0 Å². The Morgan fingerprint density at radius 3 is 2.87 bits per heavy atom. The molecule has 0 spiro atoms. The number of aromatic nitrogens is 2. The molecule has 0 amide bonds. The molecule has 0 aliphatic rings. The van der Waals surface area contributed by atoms with E-state index in [4.69, 9.17) is 0 Å². The highest BCUT2D eigenvalue weighted by atomic mass is 16.3.